The van der Waals surface area contributed by atoms with Gasteiger partial charge in [0.15, 0.2) is 5.40 Å². The molecule has 0 atom stereocenters. The summed E-state index contributed by atoms with van der Waals surface area (Å²) >= 11 is 0. The predicted molar refractivity (Wildman–Crippen MR) is 42.4 cm³/mol. The Morgan fingerprint density at radius 2 is 1.33 bits per heavy atom. The van der Waals surface area contributed by atoms with Gasteiger partial charge in [-0.2, -0.15) is 0 Å². The molecule has 15 heavy (non-hydrogen) atoms. The molecular weight excluding hydrogens is 285 g/mol. The van der Waals surface area contributed by atoms with Crippen LogP contribution in [0.3, 0.4) is 0 Å². The van der Waals surface area contributed by atoms with Crippen molar-refractivity contribution in [3.05, 3.63) is 0 Å². The molecule has 0 aliphatic heterocycles. The van der Waals surface area contributed by atoms with Crippen molar-refractivity contribution in [2.75, 3.05) is 5.75 Å². The van der Waals surface area contributed by atoms with E-state index in [0.29, 0.717) is 0 Å². The molecule has 0 radical (unpaired) electrons. The van der Waals surface area contributed by atoms with E-state index in [4.69, 9.17) is 19.6 Å². The van der Waals surface area contributed by atoms with Gasteiger partial charge in [0, 0.05) is 0 Å². The standard InChI is InChI=1S/C2H8O9P2S.Na/c3-12(4,5)2(13(6,7)8)1-14(9,10)11;/h2H,1H2,(H2,3,4,5)(H2,6,7,8)(H,9,10,11);/q;+1/p-1. The van der Waals surface area contributed by atoms with Crippen molar-refractivity contribution in [3.8, 4) is 0 Å². The maximum atomic E-state index is 10.5. The van der Waals surface area contributed by atoms with Gasteiger partial charge in [-0.3, -0.25) is 9.13 Å². The van der Waals surface area contributed by atoms with Crippen LogP contribution >= 0.6 is 15.2 Å². The summed E-state index contributed by atoms with van der Waals surface area (Å²) < 4.78 is 51.2. The Hall–Kier alpha value is 1.21. The van der Waals surface area contributed by atoms with E-state index in [1.54, 1.807) is 0 Å². The van der Waals surface area contributed by atoms with Crippen molar-refractivity contribution in [1.82, 2.24) is 0 Å². The molecule has 0 bridgehead atoms. The third-order valence-corrected chi connectivity index (χ3v) is 6.09. The molecule has 0 heterocycles. The van der Waals surface area contributed by atoms with E-state index >= 15 is 0 Å². The Labute approximate surface area is 107 Å². The summed E-state index contributed by atoms with van der Waals surface area (Å²) in [7, 11) is -15.8. The minimum atomic E-state index is -5.34. The van der Waals surface area contributed by atoms with E-state index in [9.17, 15) is 22.1 Å². The second-order valence-corrected chi connectivity index (χ2v) is 7.84. The summed E-state index contributed by atoms with van der Waals surface area (Å²) in [5.74, 6) is -1.80. The van der Waals surface area contributed by atoms with Gasteiger partial charge in [0.05, 0.1) is 15.9 Å². The van der Waals surface area contributed by atoms with E-state index in [1.165, 1.54) is 0 Å². The monoisotopic (exact) mass is 292 g/mol. The second kappa shape index (κ2) is 5.70. The average Bonchev–Trinajstić information content (AvgIpc) is 1.75. The summed E-state index contributed by atoms with van der Waals surface area (Å²) in [6.07, 6.45) is 0. The van der Waals surface area contributed by atoms with Crippen molar-refractivity contribution in [3.63, 3.8) is 0 Å². The van der Waals surface area contributed by atoms with E-state index in [-0.39, 0.29) is 29.6 Å². The molecule has 0 aromatic rings. The maximum absolute atomic E-state index is 10.5. The average molecular weight is 292 g/mol. The van der Waals surface area contributed by atoms with Crippen molar-refractivity contribution in [2.24, 2.45) is 0 Å². The number of hydrogen-bond donors (Lipinski definition) is 4. The summed E-state index contributed by atoms with van der Waals surface area (Å²) in [6, 6.07) is 0. The summed E-state index contributed by atoms with van der Waals surface area (Å²) in [6.45, 7) is 0. The summed E-state index contributed by atoms with van der Waals surface area (Å²) in [5, 5.41) is -2.79. The van der Waals surface area contributed by atoms with Crippen LogP contribution in [-0.4, -0.2) is 43.7 Å². The first-order chi connectivity index (χ1) is 5.84. The van der Waals surface area contributed by atoms with Crippen molar-refractivity contribution in [1.29, 1.82) is 0 Å². The Morgan fingerprint density at radius 3 is 1.40 bits per heavy atom. The van der Waals surface area contributed by atoms with Gasteiger partial charge in [-0.25, -0.2) is 8.42 Å². The smallest absolute Gasteiger partial charge is 0.748 e. The Kier molecular flexibility index (Phi) is 7.06. The molecule has 0 unspecified atom stereocenters. The molecule has 0 saturated carbocycles. The van der Waals surface area contributed by atoms with Gasteiger partial charge in [0.25, 0.3) is 0 Å². The molecule has 0 aliphatic carbocycles. The van der Waals surface area contributed by atoms with Crippen LogP contribution in [0.1, 0.15) is 0 Å². The summed E-state index contributed by atoms with van der Waals surface area (Å²) in [5.41, 5.74) is 0. The van der Waals surface area contributed by atoms with E-state index < -0.39 is 36.5 Å². The van der Waals surface area contributed by atoms with Gasteiger partial charge < -0.3 is 24.1 Å². The van der Waals surface area contributed by atoms with Crippen molar-refractivity contribution < 1.29 is 71.2 Å². The molecular formula is C2H7NaO9P2S. The van der Waals surface area contributed by atoms with Gasteiger partial charge in [-0.15, -0.1) is 0 Å². The Balaban J connectivity index is 0. The van der Waals surface area contributed by atoms with E-state index in [0.717, 1.165) is 0 Å². The SMILES string of the molecule is O=P(O)(O)C(CS(=O)(=O)[O-])P(=O)(O)O.[Na+]. The van der Waals surface area contributed by atoms with Crippen LogP contribution in [0, 0.1) is 0 Å². The van der Waals surface area contributed by atoms with Gasteiger partial charge in [-0.05, 0) is 0 Å². The molecule has 9 nitrogen and oxygen atoms in total. The van der Waals surface area contributed by atoms with Gasteiger partial charge in [-0.1, -0.05) is 0 Å². The van der Waals surface area contributed by atoms with Crippen LogP contribution in [0.5, 0.6) is 0 Å². The zero-order valence-electron chi connectivity index (χ0n) is 7.42. The fraction of sp³-hybridized carbons (Fsp3) is 1.00. The minimum absolute atomic E-state index is 0. The van der Waals surface area contributed by atoms with Gasteiger partial charge in [0.1, 0.15) is 0 Å². The molecule has 13 heteroatoms. The van der Waals surface area contributed by atoms with Crippen molar-refractivity contribution in [2.45, 2.75) is 5.40 Å². The first-order valence-corrected chi connectivity index (χ1v) is 7.82. The van der Waals surface area contributed by atoms with Gasteiger partial charge in [0.2, 0.25) is 0 Å². The number of hydrogen-bond acceptors (Lipinski definition) is 5. The predicted octanol–water partition coefficient (Wildman–Crippen LogP) is -4.78. The van der Waals surface area contributed by atoms with Crippen LogP contribution in [0.15, 0.2) is 0 Å². The molecule has 0 aromatic heterocycles. The van der Waals surface area contributed by atoms with Crippen LogP contribution in [0.25, 0.3) is 0 Å². The molecule has 0 spiro atoms. The third kappa shape index (κ3) is 8.00. The maximum Gasteiger partial charge on any atom is 1.00 e. The second-order valence-electron chi connectivity index (χ2n) is 2.38. The number of rotatable bonds is 4. The van der Waals surface area contributed by atoms with E-state index in [2.05, 4.69) is 0 Å². The third-order valence-electron chi connectivity index (χ3n) is 1.13. The molecule has 0 saturated heterocycles. The normalized spacial score (nSPS) is 13.7. The van der Waals surface area contributed by atoms with E-state index in [1.807, 2.05) is 0 Å². The molecule has 0 amide bonds. The van der Waals surface area contributed by atoms with Crippen molar-refractivity contribution >= 4 is 25.3 Å². The topological polar surface area (TPSA) is 172 Å². The molecule has 4 N–H and O–H groups in total. The molecule has 0 aromatic carbocycles. The summed E-state index contributed by atoms with van der Waals surface area (Å²) in [4.78, 5) is 33.6. The van der Waals surface area contributed by atoms with Crippen LogP contribution in [0.4, 0.5) is 0 Å². The largest absolute Gasteiger partial charge is 1.00 e. The first kappa shape index (κ1) is 18.6. The Bertz CT molecular complexity index is 366. The van der Waals surface area contributed by atoms with Crippen LogP contribution in [0.2, 0.25) is 0 Å². The molecule has 0 rings (SSSR count). The molecule has 0 fully saturated rings. The molecule has 86 valence electrons. The Morgan fingerprint density at radius 1 is 1.07 bits per heavy atom. The fourth-order valence-electron chi connectivity index (χ4n) is 0.573. The minimum Gasteiger partial charge on any atom is -0.748 e. The van der Waals surface area contributed by atoms with Gasteiger partial charge >= 0.3 is 44.7 Å². The zero-order valence-corrected chi connectivity index (χ0v) is 12.0. The first-order valence-electron chi connectivity index (χ1n) is 2.88. The molecule has 0 aliphatic rings. The fourth-order valence-corrected chi connectivity index (χ4v) is 5.15. The zero-order chi connectivity index (χ0) is 11.8. The van der Waals surface area contributed by atoms with Crippen LogP contribution in [-0.2, 0) is 19.2 Å². The quantitative estimate of drug-likeness (QED) is 0.225. The van der Waals surface area contributed by atoms with Crippen LogP contribution < -0.4 is 29.6 Å².